The summed E-state index contributed by atoms with van der Waals surface area (Å²) in [6.07, 6.45) is 1.91. The number of nitrogens with one attached hydrogen (secondary N) is 1. The van der Waals surface area contributed by atoms with Crippen molar-refractivity contribution in [3.8, 4) is 11.5 Å². The molecule has 0 aliphatic carbocycles. The molecular weight excluding hydrogens is 296 g/mol. The average Bonchev–Trinajstić information content (AvgIpc) is 3.02. The molecule has 1 aromatic carbocycles. The zero-order chi connectivity index (χ0) is 16.9. The van der Waals surface area contributed by atoms with Crippen LogP contribution in [-0.4, -0.2) is 29.5 Å². The summed E-state index contributed by atoms with van der Waals surface area (Å²) in [5.74, 6) is -0.328. The van der Waals surface area contributed by atoms with Gasteiger partial charge < -0.3 is 14.5 Å². The summed E-state index contributed by atoms with van der Waals surface area (Å²) in [5.41, 5.74) is 0.300. The zero-order valence-corrected chi connectivity index (χ0v) is 13.5. The summed E-state index contributed by atoms with van der Waals surface area (Å²) in [4.78, 5) is 28.2. The maximum atomic E-state index is 12.2. The van der Waals surface area contributed by atoms with Gasteiger partial charge in [0.2, 0.25) is 11.8 Å². The van der Waals surface area contributed by atoms with Crippen molar-refractivity contribution >= 4 is 11.9 Å². The van der Waals surface area contributed by atoms with Crippen molar-refractivity contribution < 1.29 is 18.7 Å². The zero-order valence-electron chi connectivity index (χ0n) is 13.5. The van der Waals surface area contributed by atoms with E-state index in [9.17, 15) is 9.59 Å². The van der Waals surface area contributed by atoms with Crippen LogP contribution in [0.4, 0.5) is 0 Å². The van der Waals surface area contributed by atoms with E-state index in [0.29, 0.717) is 18.0 Å². The van der Waals surface area contributed by atoms with Gasteiger partial charge in [-0.2, -0.15) is 0 Å². The molecule has 0 radical (unpaired) electrons. The van der Waals surface area contributed by atoms with Crippen LogP contribution < -0.4 is 5.32 Å². The van der Waals surface area contributed by atoms with Crippen LogP contribution in [0.2, 0.25) is 0 Å². The molecule has 122 valence electrons. The van der Waals surface area contributed by atoms with E-state index in [1.807, 2.05) is 30.3 Å². The van der Waals surface area contributed by atoms with E-state index < -0.39 is 11.5 Å². The molecule has 1 N–H and O–H groups in total. The third kappa shape index (κ3) is 3.97. The van der Waals surface area contributed by atoms with E-state index in [1.54, 1.807) is 13.8 Å². The number of methoxy groups -OCH3 is 1. The van der Waals surface area contributed by atoms with Crippen molar-refractivity contribution in [2.75, 3.05) is 7.11 Å². The van der Waals surface area contributed by atoms with Gasteiger partial charge in [0.15, 0.2) is 0 Å². The first kappa shape index (κ1) is 16.7. The summed E-state index contributed by atoms with van der Waals surface area (Å²) < 4.78 is 10.1. The molecule has 6 nitrogen and oxygen atoms in total. The van der Waals surface area contributed by atoms with Crippen molar-refractivity contribution in [3.05, 3.63) is 42.3 Å². The van der Waals surface area contributed by atoms with E-state index in [2.05, 4.69) is 10.3 Å². The van der Waals surface area contributed by atoms with Crippen molar-refractivity contribution in [2.24, 2.45) is 0 Å². The summed E-state index contributed by atoms with van der Waals surface area (Å²) in [5, 5.41) is 2.70. The van der Waals surface area contributed by atoms with Crippen LogP contribution in [0.5, 0.6) is 0 Å². The number of carbonyl (C=O) groups is 2. The lowest BCUT2D eigenvalue weighted by atomic mass is 9.99. The normalized spacial score (nSPS) is 13.2. The number of nitrogens with zero attached hydrogens (tertiary/aromatic N) is 1. The molecule has 0 aliphatic heterocycles. The lowest BCUT2D eigenvalue weighted by molar-refractivity contribution is -0.150. The topological polar surface area (TPSA) is 81.4 Å². The maximum Gasteiger partial charge on any atom is 0.331 e. The van der Waals surface area contributed by atoms with Crippen molar-refractivity contribution in [2.45, 2.75) is 32.2 Å². The average molecular weight is 316 g/mol. The highest BCUT2D eigenvalue weighted by molar-refractivity contribution is 5.88. The minimum Gasteiger partial charge on any atom is -0.467 e. The van der Waals surface area contributed by atoms with Crippen LogP contribution in [0.25, 0.3) is 11.5 Å². The standard InChI is InChI=1S/C17H20N2O4/c1-4-17(2,16(21)22-3)19-14(20)10-13-11-23-15(18-13)12-8-6-5-7-9-12/h5-9,11H,4,10H2,1-3H3,(H,19,20)/t17-/m0/s1. The minimum atomic E-state index is -1.04. The SMILES string of the molecule is CC[C@](C)(NC(=O)Cc1coc(-c2ccccc2)n1)C(=O)OC. The third-order valence-corrected chi connectivity index (χ3v) is 3.67. The van der Waals surface area contributed by atoms with Crippen molar-refractivity contribution in [3.63, 3.8) is 0 Å². The molecule has 0 fully saturated rings. The van der Waals surface area contributed by atoms with Crippen molar-refractivity contribution in [1.29, 1.82) is 0 Å². The second-order valence-corrected chi connectivity index (χ2v) is 5.41. The first-order chi connectivity index (χ1) is 11.0. The van der Waals surface area contributed by atoms with Gasteiger partial charge in [0.05, 0.1) is 19.2 Å². The Balaban J connectivity index is 2.04. The van der Waals surface area contributed by atoms with Gasteiger partial charge >= 0.3 is 5.97 Å². The molecule has 0 saturated carbocycles. The fraction of sp³-hybridized carbons (Fsp3) is 0.353. The molecule has 0 saturated heterocycles. The Morgan fingerprint density at radius 2 is 2.00 bits per heavy atom. The molecule has 0 bridgehead atoms. The number of amides is 1. The third-order valence-electron chi connectivity index (χ3n) is 3.67. The molecule has 23 heavy (non-hydrogen) atoms. The van der Waals surface area contributed by atoms with E-state index >= 15 is 0 Å². The fourth-order valence-electron chi connectivity index (χ4n) is 2.13. The number of benzene rings is 1. The fourth-order valence-corrected chi connectivity index (χ4v) is 2.13. The quantitative estimate of drug-likeness (QED) is 0.827. The number of hydrogen-bond acceptors (Lipinski definition) is 5. The molecule has 0 spiro atoms. The highest BCUT2D eigenvalue weighted by Gasteiger charge is 2.34. The molecule has 1 amide bonds. The van der Waals surface area contributed by atoms with Gasteiger partial charge in [-0.15, -0.1) is 0 Å². The van der Waals surface area contributed by atoms with Crippen LogP contribution >= 0.6 is 0 Å². The van der Waals surface area contributed by atoms with E-state index in [1.165, 1.54) is 13.4 Å². The van der Waals surface area contributed by atoms with E-state index in [0.717, 1.165) is 5.56 Å². The first-order valence-corrected chi connectivity index (χ1v) is 7.37. The van der Waals surface area contributed by atoms with Gasteiger partial charge in [-0.1, -0.05) is 25.1 Å². The lowest BCUT2D eigenvalue weighted by Crippen LogP contribution is -2.52. The first-order valence-electron chi connectivity index (χ1n) is 7.37. The van der Waals surface area contributed by atoms with E-state index in [4.69, 9.17) is 9.15 Å². The Kier molecular flexibility index (Phi) is 5.16. The predicted molar refractivity (Wildman–Crippen MR) is 84.5 cm³/mol. The monoisotopic (exact) mass is 316 g/mol. The number of ether oxygens (including phenoxy) is 1. The van der Waals surface area contributed by atoms with Crippen LogP contribution in [0, 0.1) is 0 Å². The lowest BCUT2D eigenvalue weighted by Gasteiger charge is -2.26. The van der Waals surface area contributed by atoms with E-state index in [-0.39, 0.29) is 12.3 Å². The Labute approximate surface area is 134 Å². The van der Waals surface area contributed by atoms with Crippen LogP contribution in [0.1, 0.15) is 26.0 Å². The van der Waals surface area contributed by atoms with Crippen LogP contribution in [0.15, 0.2) is 41.0 Å². The summed E-state index contributed by atoms with van der Waals surface area (Å²) in [6, 6.07) is 9.42. The predicted octanol–water partition coefficient (Wildman–Crippen LogP) is 2.34. The Hall–Kier alpha value is -2.63. The van der Waals surface area contributed by atoms with Gasteiger partial charge in [-0.3, -0.25) is 4.79 Å². The molecule has 1 atom stereocenters. The molecule has 1 heterocycles. The Bertz CT molecular complexity index is 681. The minimum absolute atomic E-state index is 0.0307. The molecular formula is C17H20N2O4. The maximum absolute atomic E-state index is 12.2. The van der Waals surface area contributed by atoms with Crippen LogP contribution in [0.3, 0.4) is 0 Å². The summed E-state index contributed by atoms with van der Waals surface area (Å²) in [6.45, 7) is 3.44. The second-order valence-electron chi connectivity index (χ2n) is 5.41. The van der Waals surface area contributed by atoms with Crippen LogP contribution in [-0.2, 0) is 20.7 Å². The number of carbonyl (C=O) groups excluding carboxylic acids is 2. The largest absolute Gasteiger partial charge is 0.467 e. The summed E-state index contributed by atoms with van der Waals surface area (Å²) >= 11 is 0. The second kappa shape index (κ2) is 7.09. The smallest absolute Gasteiger partial charge is 0.331 e. The molecule has 1 aromatic heterocycles. The highest BCUT2D eigenvalue weighted by atomic mass is 16.5. The Morgan fingerprint density at radius 3 is 2.61 bits per heavy atom. The Morgan fingerprint density at radius 1 is 1.30 bits per heavy atom. The molecule has 2 aromatic rings. The molecule has 0 unspecified atom stereocenters. The number of aromatic nitrogens is 1. The molecule has 0 aliphatic rings. The number of oxazole rings is 1. The number of rotatable bonds is 6. The number of hydrogen-bond donors (Lipinski definition) is 1. The highest BCUT2D eigenvalue weighted by Crippen LogP contribution is 2.18. The van der Waals surface area contributed by atoms with Gasteiger partial charge in [0, 0.05) is 5.56 Å². The van der Waals surface area contributed by atoms with Gasteiger partial charge in [-0.05, 0) is 25.5 Å². The van der Waals surface area contributed by atoms with Gasteiger partial charge in [0.1, 0.15) is 11.8 Å². The molecule has 6 heteroatoms. The molecule has 2 rings (SSSR count). The van der Waals surface area contributed by atoms with Crippen molar-refractivity contribution in [1.82, 2.24) is 10.3 Å². The van der Waals surface area contributed by atoms with Gasteiger partial charge in [-0.25, -0.2) is 9.78 Å². The number of esters is 1. The van der Waals surface area contributed by atoms with Gasteiger partial charge in [0.25, 0.3) is 0 Å². The summed E-state index contributed by atoms with van der Waals surface area (Å²) in [7, 11) is 1.30.